The van der Waals surface area contributed by atoms with Crippen LogP contribution in [0.1, 0.15) is 29.3 Å². The predicted molar refractivity (Wildman–Crippen MR) is 105 cm³/mol. The number of aromatic nitrogens is 1. The molecular weight excluding hydrogens is 344 g/mol. The van der Waals surface area contributed by atoms with Crippen molar-refractivity contribution in [1.82, 2.24) is 10.3 Å². The molecule has 0 bridgehead atoms. The molecule has 0 amide bonds. The number of benzene rings is 2. The summed E-state index contributed by atoms with van der Waals surface area (Å²) in [6, 6.07) is 14.7. The fourth-order valence-electron chi connectivity index (χ4n) is 3.28. The van der Waals surface area contributed by atoms with Gasteiger partial charge < -0.3 is 14.8 Å². The van der Waals surface area contributed by atoms with Crippen LogP contribution in [0.4, 0.5) is 0 Å². The molecule has 0 aliphatic carbocycles. The zero-order valence-electron chi connectivity index (χ0n) is 15.0. The molecule has 0 saturated carbocycles. The highest BCUT2D eigenvalue weighted by molar-refractivity contribution is 7.13. The maximum Gasteiger partial charge on any atom is 0.126 e. The van der Waals surface area contributed by atoms with Crippen LogP contribution in [-0.4, -0.2) is 18.7 Å². The van der Waals surface area contributed by atoms with Gasteiger partial charge in [-0.25, -0.2) is 4.98 Å². The molecule has 1 aromatic heterocycles. The van der Waals surface area contributed by atoms with Crippen molar-refractivity contribution in [2.24, 2.45) is 0 Å². The Morgan fingerprint density at radius 1 is 1.23 bits per heavy atom. The number of para-hydroxylation sites is 1. The Hall–Kier alpha value is -2.37. The highest BCUT2D eigenvalue weighted by atomic mass is 32.1. The summed E-state index contributed by atoms with van der Waals surface area (Å²) in [7, 11) is 1.68. The molecule has 0 spiro atoms. The number of rotatable bonds is 5. The van der Waals surface area contributed by atoms with Gasteiger partial charge in [-0.3, -0.25) is 0 Å². The fourth-order valence-corrected chi connectivity index (χ4v) is 4.10. The molecule has 4 rings (SSSR count). The molecule has 26 heavy (non-hydrogen) atoms. The number of aryl methyl sites for hydroxylation is 1. The zero-order chi connectivity index (χ0) is 17.9. The van der Waals surface area contributed by atoms with Gasteiger partial charge >= 0.3 is 0 Å². The minimum Gasteiger partial charge on any atom is -0.497 e. The minimum absolute atomic E-state index is 0.310. The van der Waals surface area contributed by atoms with Crippen LogP contribution in [0.2, 0.25) is 0 Å². The average Bonchev–Trinajstić information content (AvgIpc) is 3.16. The summed E-state index contributed by atoms with van der Waals surface area (Å²) in [5, 5.41) is 6.81. The van der Waals surface area contributed by atoms with Crippen molar-refractivity contribution < 1.29 is 9.47 Å². The SMILES string of the molecule is COc1ccc(-c2nc(CN[C@@H]3CCOc4c(C)cccc43)cs2)cc1. The summed E-state index contributed by atoms with van der Waals surface area (Å²) in [4.78, 5) is 4.78. The Bertz CT molecular complexity index is 889. The smallest absolute Gasteiger partial charge is 0.126 e. The first-order chi connectivity index (χ1) is 12.7. The van der Waals surface area contributed by atoms with E-state index in [9.17, 15) is 0 Å². The molecule has 3 aromatic rings. The first-order valence-electron chi connectivity index (χ1n) is 8.79. The zero-order valence-corrected chi connectivity index (χ0v) is 15.8. The van der Waals surface area contributed by atoms with Crippen LogP contribution in [0, 0.1) is 6.92 Å². The van der Waals surface area contributed by atoms with Crippen LogP contribution in [0.25, 0.3) is 10.6 Å². The van der Waals surface area contributed by atoms with Gasteiger partial charge in [0.2, 0.25) is 0 Å². The van der Waals surface area contributed by atoms with E-state index in [1.807, 2.05) is 24.3 Å². The number of fused-ring (bicyclic) bond motifs is 1. The van der Waals surface area contributed by atoms with E-state index < -0.39 is 0 Å². The maximum absolute atomic E-state index is 5.85. The van der Waals surface area contributed by atoms with Crippen LogP contribution in [0.5, 0.6) is 11.5 Å². The van der Waals surface area contributed by atoms with Gasteiger partial charge in [0.1, 0.15) is 16.5 Å². The van der Waals surface area contributed by atoms with Gasteiger partial charge in [0.15, 0.2) is 0 Å². The summed E-state index contributed by atoms with van der Waals surface area (Å²) in [5.41, 5.74) is 4.64. The monoisotopic (exact) mass is 366 g/mol. The third-order valence-corrected chi connectivity index (χ3v) is 5.63. The van der Waals surface area contributed by atoms with Crippen LogP contribution in [-0.2, 0) is 6.54 Å². The van der Waals surface area contributed by atoms with Crippen molar-refractivity contribution in [2.75, 3.05) is 13.7 Å². The number of methoxy groups -OCH3 is 1. The quantitative estimate of drug-likeness (QED) is 0.708. The summed E-state index contributed by atoms with van der Waals surface area (Å²) in [6.07, 6.45) is 0.978. The lowest BCUT2D eigenvalue weighted by Gasteiger charge is -2.27. The Kier molecular flexibility index (Phi) is 4.91. The van der Waals surface area contributed by atoms with Gasteiger partial charge in [0, 0.05) is 35.5 Å². The summed E-state index contributed by atoms with van der Waals surface area (Å²) in [6.45, 7) is 3.61. The molecule has 4 nitrogen and oxygen atoms in total. The van der Waals surface area contributed by atoms with Gasteiger partial charge in [-0.05, 0) is 36.8 Å². The Labute approximate surface area is 157 Å². The van der Waals surface area contributed by atoms with Gasteiger partial charge in [-0.15, -0.1) is 11.3 Å². The molecule has 1 N–H and O–H groups in total. The number of ether oxygens (including phenoxy) is 2. The molecule has 1 aliphatic rings. The van der Waals surface area contributed by atoms with Gasteiger partial charge in [0.05, 0.1) is 19.4 Å². The van der Waals surface area contributed by atoms with E-state index in [-0.39, 0.29) is 0 Å². The molecular formula is C21H22N2O2S. The molecule has 1 atom stereocenters. The molecule has 2 heterocycles. The Morgan fingerprint density at radius 3 is 2.88 bits per heavy atom. The first kappa shape index (κ1) is 17.1. The first-order valence-corrected chi connectivity index (χ1v) is 9.67. The second kappa shape index (κ2) is 7.48. The Balaban J connectivity index is 1.45. The van der Waals surface area contributed by atoms with E-state index in [1.54, 1.807) is 18.4 Å². The molecule has 5 heteroatoms. The molecule has 0 radical (unpaired) electrons. The van der Waals surface area contributed by atoms with Crippen molar-refractivity contribution >= 4 is 11.3 Å². The predicted octanol–water partition coefficient (Wildman–Crippen LogP) is 4.74. The van der Waals surface area contributed by atoms with E-state index in [2.05, 4.69) is 35.8 Å². The van der Waals surface area contributed by atoms with Crippen LogP contribution in [0.3, 0.4) is 0 Å². The number of thiazole rings is 1. The lowest BCUT2D eigenvalue weighted by Crippen LogP contribution is -2.27. The van der Waals surface area contributed by atoms with Crippen LogP contribution >= 0.6 is 11.3 Å². The summed E-state index contributed by atoms with van der Waals surface area (Å²) < 4.78 is 11.1. The van der Waals surface area contributed by atoms with Crippen molar-refractivity contribution in [3.63, 3.8) is 0 Å². The van der Waals surface area contributed by atoms with E-state index in [0.717, 1.165) is 47.3 Å². The van der Waals surface area contributed by atoms with Crippen molar-refractivity contribution in [1.29, 1.82) is 0 Å². The third kappa shape index (κ3) is 3.45. The van der Waals surface area contributed by atoms with E-state index in [1.165, 1.54) is 11.1 Å². The van der Waals surface area contributed by atoms with Gasteiger partial charge in [-0.1, -0.05) is 18.2 Å². The van der Waals surface area contributed by atoms with Gasteiger partial charge in [-0.2, -0.15) is 0 Å². The van der Waals surface area contributed by atoms with Crippen LogP contribution in [0.15, 0.2) is 47.8 Å². The average molecular weight is 366 g/mol. The molecule has 1 aliphatic heterocycles. The number of nitrogens with one attached hydrogen (secondary N) is 1. The van der Waals surface area contributed by atoms with Crippen molar-refractivity contribution in [3.8, 4) is 22.1 Å². The minimum atomic E-state index is 0.310. The summed E-state index contributed by atoms with van der Waals surface area (Å²) >= 11 is 1.67. The highest BCUT2D eigenvalue weighted by Crippen LogP contribution is 2.34. The molecule has 2 aromatic carbocycles. The van der Waals surface area contributed by atoms with E-state index in [4.69, 9.17) is 14.5 Å². The second-order valence-electron chi connectivity index (χ2n) is 6.44. The lowest BCUT2D eigenvalue weighted by molar-refractivity contribution is 0.250. The largest absolute Gasteiger partial charge is 0.497 e. The topological polar surface area (TPSA) is 43.4 Å². The molecule has 134 valence electrons. The molecule has 0 fully saturated rings. The standard InChI is InChI=1S/C21H22N2O2S/c1-14-4-3-5-18-19(10-11-25-20(14)18)22-12-16-13-26-21(23-16)15-6-8-17(24-2)9-7-15/h3-9,13,19,22H,10-12H2,1-2H3/t19-/m1/s1. The van der Waals surface area contributed by atoms with E-state index >= 15 is 0 Å². The molecule has 0 saturated heterocycles. The van der Waals surface area contributed by atoms with Crippen molar-refractivity contribution in [3.05, 3.63) is 64.7 Å². The lowest BCUT2D eigenvalue weighted by atomic mass is 9.98. The van der Waals surface area contributed by atoms with Crippen LogP contribution < -0.4 is 14.8 Å². The molecule has 0 unspecified atom stereocenters. The summed E-state index contributed by atoms with van der Waals surface area (Å²) in [5.74, 6) is 1.90. The maximum atomic E-state index is 5.85. The van der Waals surface area contributed by atoms with Crippen molar-refractivity contribution in [2.45, 2.75) is 25.9 Å². The highest BCUT2D eigenvalue weighted by Gasteiger charge is 2.22. The van der Waals surface area contributed by atoms with Gasteiger partial charge in [0.25, 0.3) is 0 Å². The van der Waals surface area contributed by atoms with E-state index in [0.29, 0.717) is 6.04 Å². The number of nitrogens with zero attached hydrogens (tertiary/aromatic N) is 1. The Morgan fingerprint density at radius 2 is 2.08 bits per heavy atom. The second-order valence-corrected chi connectivity index (χ2v) is 7.29. The number of hydrogen-bond acceptors (Lipinski definition) is 5. The fraction of sp³-hybridized carbons (Fsp3) is 0.286. The number of hydrogen-bond donors (Lipinski definition) is 1. The normalized spacial score (nSPS) is 16.0. The third-order valence-electron chi connectivity index (χ3n) is 4.69.